The van der Waals surface area contributed by atoms with E-state index in [9.17, 15) is 9.59 Å². The maximum Gasteiger partial charge on any atom is 0.272 e. The highest BCUT2D eigenvalue weighted by atomic mass is 32.1. The average molecular weight is 421 g/mol. The predicted octanol–water partition coefficient (Wildman–Crippen LogP) is 4.72. The molecule has 0 bridgehead atoms. The quantitative estimate of drug-likeness (QED) is 0.490. The minimum absolute atomic E-state index is 0.199. The van der Waals surface area contributed by atoms with Gasteiger partial charge in [0.05, 0.1) is 11.8 Å². The number of aryl methyl sites for hydroxylation is 2. The molecule has 1 aromatic carbocycles. The lowest BCUT2D eigenvalue weighted by atomic mass is 10.0. The van der Waals surface area contributed by atoms with Crippen LogP contribution >= 0.6 is 11.3 Å². The van der Waals surface area contributed by atoms with Gasteiger partial charge in [-0.05, 0) is 42.5 Å². The Kier molecular flexibility index (Phi) is 5.63. The summed E-state index contributed by atoms with van der Waals surface area (Å²) in [4.78, 5) is 36.1. The van der Waals surface area contributed by atoms with Crippen molar-refractivity contribution in [3.05, 3.63) is 64.3 Å². The molecule has 1 atom stereocenters. The molecule has 4 rings (SSSR count). The topological polar surface area (TPSA) is 76.9 Å². The maximum atomic E-state index is 13.2. The summed E-state index contributed by atoms with van der Waals surface area (Å²) in [5, 5.41) is 3.96. The molecule has 0 aliphatic heterocycles. The molecule has 4 aromatic rings. The van der Waals surface area contributed by atoms with Crippen LogP contribution in [-0.2, 0) is 17.6 Å². The fourth-order valence-electron chi connectivity index (χ4n) is 3.82. The molecular weight excluding hydrogens is 396 g/mol. The molecule has 1 amide bonds. The van der Waals surface area contributed by atoms with Gasteiger partial charge in [0.25, 0.3) is 5.56 Å². The van der Waals surface area contributed by atoms with Crippen LogP contribution in [0.2, 0.25) is 0 Å². The highest BCUT2D eigenvalue weighted by Gasteiger charge is 2.23. The van der Waals surface area contributed by atoms with E-state index in [2.05, 4.69) is 29.1 Å². The van der Waals surface area contributed by atoms with E-state index in [1.165, 1.54) is 22.2 Å². The molecule has 6 nitrogen and oxygen atoms in total. The van der Waals surface area contributed by atoms with Gasteiger partial charge in [0, 0.05) is 17.3 Å². The highest BCUT2D eigenvalue weighted by Crippen LogP contribution is 2.29. The molecule has 0 spiro atoms. The van der Waals surface area contributed by atoms with E-state index < -0.39 is 6.04 Å². The smallest absolute Gasteiger partial charge is 0.272 e. The van der Waals surface area contributed by atoms with Crippen molar-refractivity contribution >= 4 is 43.4 Å². The molecule has 0 aliphatic carbocycles. The standard InChI is InChI=1S/C23H24N4O2S/c1-4-14-9-7-10-15(5-2)18(14)26-21(28)17(6-3)27-13-25-19-16-11-8-12-24-22(16)30-20(19)23(27)29/h7-13,17H,4-6H2,1-3H3,(H,26,28)/t17-/m0/s1. The Morgan fingerprint density at radius 1 is 1.10 bits per heavy atom. The zero-order chi connectivity index (χ0) is 21.3. The number of nitrogens with one attached hydrogen (secondary N) is 1. The Hall–Kier alpha value is -3.06. The minimum atomic E-state index is -0.637. The number of rotatable bonds is 6. The van der Waals surface area contributed by atoms with Crippen LogP contribution in [0.4, 0.5) is 5.69 Å². The second-order valence-electron chi connectivity index (χ2n) is 7.16. The summed E-state index contributed by atoms with van der Waals surface area (Å²) in [6, 6.07) is 9.18. The number of hydrogen-bond donors (Lipinski definition) is 1. The molecule has 1 N–H and O–H groups in total. The van der Waals surface area contributed by atoms with Crippen LogP contribution in [0, 0.1) is 0 Å². The van der Waals surface area contributed by atoms with Crippen LogP contribution < -0.4 is 10.9 Å². The Bertz CT molecular complexity index is 1270. The largest absolute Gasteiger partial charge is 0.324 e. The first kappa shape index (κ1) is 20.2. The summed E-state index contributed by atoms with van der Waals surface area (Å²) in [7, 11) is 0. The van der Waals surface area contributed by atoms with Crippen molar-refractivity contribution in [1.29, 1.82) is 0 Å². The van der Waals surface area contributed by atoms with Gasteiger partial charge in [-0.25, -0.2) is 9.97 Å². The molecule has 154 valence electrons. The average Bonchev–Trinajstić information content (AvgIpc) is 3.15. The summed E-state index contributed by atoms with van der Waals surface area (Å²) in [5.74, 6) is -0.199. The Morgan fingerprint density at radius 2 is 1.83 bits per heavy atom. The lowest BCUT2D eigenvalue weighted by Crippen LogP contribution is -2.33. The van der Waals surface area contributed by atoms with Gasteiger partial charge in [0.1, 0.15) is 15.6 Å². The number of para-hydroxylation sites is 1. The Morgan fingerprint density at radius 3 is 2.50 bits per heavy atom. The highest BCUT2D eigenvalue weighted by molar-refractivity contribution is 7.25. The summed E-state index contributed by atoms with van der Waals surface area (Å²) in [6.07, 6.45) is 5.32. The van der Waals surface area contributed by atoms with E-state index in [1.54, 1.807) is 6.20 Å². The SMILES string of the molecule is CCc1cccc(CC)c1NC(=O)[C@H](CC)n1cnc2c(sc3ncccc32)c1=O. The van der Waals surface area contributed by atoms with Crippen molar-refractivity contribution in [1.82, 2.24) is 14.5 Å². The van der Waals surface area contributed by atoms with Crippen molar-refractivity contribution in [2.75, 3.05) is 5.32 Å². The number of thiophene rings is 1. The van der Waals surface area contributed by atoms with Crippen molar-refractivity contribution < 1.29 is 4.79 Å². The second-order valence-corrected chi connectivity index (χ2v) is 8.16. The summed E-state index contributed by atoms with van der Waals surface area (Å²) >= 11 is 1.32. The van der Waals surface area contributed by atoms with Gasteiger partial charge >= 0.3 is 0 Å². The van der Waals surface area contributed by atoms with E-state index in [-0.39, 0.29) is 11.5 Å². The van der Waals surface area contributed by atoms with Gasteiger partial charge in [-0.15, -0.1) is 11.3 Å². The number of fused-ring (bicyclic) bond motifs is 3. The number of nitrogens with zero attached hydrogens (tertiary/aromatic N) is 3. The number of amides is 1. The molecule has 0 radical (unpaired) electrons. The number of anilines is 1. The Labute approximate surface area is 178 Å². The van der Waals surface area contributed by atoms with Crippen LogP contribution in [-0.4, -0.2) is 20.4 Å². The molecule has 30 heavy (non-hydrogen) atoms. The lowest BCUT2D eigenvalue weighted by Gasteiger charge is -2.20. The molecular formula is C23H24N4O2S. The van der Waals surface area contributed by atoms with Gasteiger partial charge in [-0.1, -0.05) is 39.0 Å². The third-order valence-electron chi connectivity index (χ3n) is 5.45. The van der Waals surface area contributed by atoms with Gasteiger partial charge in [0.2, 0.25) is 5.91 Å². The molecule has 0 fully saturated rings. The van der Waals surface area contributed by atoms with E-state index in [1.807, 2.05) is 37.3 Å². The normalized spacial score (nSPS) is 12.4. The fraction of sp³-hybridized carbons (Fsp3) is 0.304. The first-order valence-corrected chi connectivity index (χ1v) is 11.1. The van der Waals surface area contributed by atoms with E-state index in [0.29, 0.717) is 16.6 Å². The van der Waals surface area contributed by atoms with E-state index in [0.717, 1.165) is 39.9 Å². The third-order valence-corrected chi connectivity index (χ3v) is 6.54. The van der Waals surface area contributed by atoms with Crippen LogP contribution in [0.15, 0.2) is 47.7 Å². The number of pyridine rings is 1. The first-order valence-electron chi connectivity index (χ1n) is 10.2. The number of benzene rings is 1. The predicted molar refractivity (Wildman–Crippen MR) is 122 cm³/mol. The van der Waals surface area contributed by atoms with Crippen LogP contribution in [0.3, 0.4) is 0 Å². The molecule has 3 aromatic heterocycles. The van der Waals surface area contributed by atoms with Crippen molar-refractivity contribution in [3.8, 4) is 0 Å². The summed E-state index contributed by atoms with van der Waals surface area (Å²) in [5.41, 5.74) is 3.48. The molecule has 0 aliphatic rings. The number of carbonyl (C=O) groups excluding carboxylic acids is 1. The number of aromatic nitrogens is 3. The third kappa shape index (κ3) is 3.39. The first-order chi connectivity index (χ1) is 14.6. The lowest BCUT2D eigenvalue weighted by molar-refractivity contribution is -0.119. The van der Waals surface area contributed by atoms with Gasteiger partial charge < -0.3 is 5.32 Å². The molecule has 0 saturated heterocycles. The van der Waals surface area contributed by atoms with Crippen molar-refractivity contribution in [2.45, 2.75) is 46.1 Å². The van der Waals surface area contributed by atoms with Crippen LogP contribution in [0.25, 0.3) is 20.4 Å². The summed E-state index contributed by atoms with van der Waals surface area (Å²) in [6.45, 7) is 6.04. The second kappa shape index (κ2) is 8.36. The molecule has 3 heterocycles. The number of carbonyl (C=O) groups is 1. The van der Waals surface area contributed by atoms with Crippen LogP contribution in [0.5, 0.6) is 0 Å². The zero-order valence-corrected chi connectivity index (χ0v) is 18.1. The zero-order valence-electron chi connectivity index (χ0n) is 17.3. The van der Waals surface area contributed by atoms with E-state index in [4.69, 9.17) is 0 Å². The number of hydrogen-bond acceptors (Lipinski definition) is 5. The maximum absolute atomic E-state index is 13.2. The molecule has 7 heteroatoms. The molecule has 0 saturated carbocycles. The monoisotopic (exact) mass is 420 g/mol. The van der Waals surface area contributed by atoms with E-state index >= 15 is 0 Å². The fourth-order valence-corrected chi connectivity index (χ4v) is 4.86. The van der Waals surface area contributed by atoms with Crippen molar-refractivity contribution in [2.24, 2.45) is 0 Å². The van der Waals surface area contributed by atoms with Crippen molar-refractivity contribution in [3.63, 3.8) is 0 Å². The summed E-state index contributed by atoms with van der Waals surface area (Å²) < 4.78 is 1.98. The van der Waals surface area contributed by atoms with Gasteiger partial charge in [-0.2, -0.15) is 0 Å². The molecule has 0 unspecified atom stereocenters. The van der Waals surface area contributed by atoms with Crippen LogP contribution in [0.1, 0.15) is 44.4 Å². The minimum Gasteiger partial charge on any atom is -0.324 e. The Balaban J connectivity index is 1.75. The van der Waals surface area contributed by atoms with Gasteiger partial charge in [0.15, 0.2) is 0 Å². The van der Waals surface area contributed by atoms with Gasteiger partial charge in [-0.3, -0.25) is 14.2 Å².